The number of thiophene rings is 1. The Labute approximate surface area is 183 Å². The second-order valence-electron chi connectivity index (χ2n) is 7.37. The molecule has 1 aliphatic heterocycles. The molecule has 1 aromatic carbocycles. The van der Waals surface area contributed by atoms with E-state index in [1.807, 2.05) is 0 Å². The summed E-state index contributed by atoms with van der Waals surface area (Å²) in [5, 5.41) is 6.53. The van der Waals surface area contributed by atoms with Gasteiger partial charge in [0.2, 0.25) is 27.6 Å². The molecule has 3 aromatic rings. The lowest BCUT2D eigenvalue weighted by atomic mass is 9.99. The normalized spacial score (nSPS) is 17.6. The summed E-state index contributed by atoms with van der Waals surface area (Å²) < 4.78 is 46.3. The van der Waals surface area contributed by atoms with Gasteiger partial charge in [0, 0.05) is 30.6 Å². The van der Waals surface area contributed by atoms with E-state index < -0.39 is 21.8 Å². The largest absolute Gasteiger partial charge is 0.339 e. The van der Waals surface area contributed by atoms with E-state index in [-0.39, 0.29) is 17.3 Å². The van der Waals surface area contributed by atoms with Crippen LogP contribution >= 0.6 is 11.3 Å². The van der Waals surface area contributed by atoms with Crippen molar-refractivity contribution in [1.82, 2.24) is 14.4 Å². The Bertz CT molecular complexity index is 1220. The summed E-state index contributed by atoms with van der Waals surface area (Å²) >= 11 is 1.28. The lowest BCUT2D eigenvalue weighted by Gasteiger charge is -2.31. The van der Waals surface area contributed by atoms with E-state index in [1.165, 1.54) is 33.8 Å². The van der Waals surface area contributed by atoms with Gasteiger partial charge in [0.05, 0.1) is 15.7 Å². The predicted octanol–water partition coefficient (Wildman–Crippen LogP) is 3.59. The zero-order valence-electron chi connectivity index (χ0n) is 17.0. The van der Waals surface area contributed by atoms with Crippen molar-refractivity contribution in [3.05, 3.63) is 46.9 Å². The summed E-state index contributed by atoms with van der Waals surface area (Å²) in [5.74, 6) is -0.557. The van der Waals surface area contributed by atoms with E-state index in [9.17, 15) is 17.6 Å². The fourth-order valence-electron chi connectivity index (χ4n) is 3.56. The first kappa shape index (κ1) is 21.6. The van der Waals surface area contributed by atoms with Gasteiger partial charge in [-0.25, -0.2) is 12.8 Å². The van der Waals surface area contributed by atoms with Gasteiger partial charge in [-0.2, -0.15) is 9.29 Å². The number of benzene rings is 1. The molecular formula is C20H21FN4O4S2. The summed E-state index contributed by atoms with van der Waals surface area (Å²) in [6.07, 6.45) is 1.11. The van der Waals surface area contributed by atoms with E-state index in [1.54, 1.807) is 26.0 Å². The van der Waals surface area contributed by atoms with E-state index in [0.29, 0.717) is 46.5 Å². The number of nitrogens with zero attached hydrogens (tertiary/aromatic N) is 3. The molecule has 1 saturated heterocycles. The molecule has 3 heterocycles. The van der Waals surface area contributed by atoms with Crippen molar-refractivity contribution in [3.63, 3.8) is 0 Å². The van der Waals surface area contributed by atoms with Crippen LogP contribution in [0.15, 0.2) is 39.8 Å². The number of sulfonamides is 1. The number of rotatable bonds is 5. The number of halogens is 1. The molecule has 0 aliphatic carbocycles. The van der Waals surface area contributed by atoms with Gasteiger partial charge in [0.1, 0.15) is 5.82 Å². The highest BCUT2D eigenvalue weighted by atomic mass is 32.2. The number of piperidine rings is 1. The molecule has 8 nitrogen and oxygen atoms in total. The van der Waals surface area contributed by atoms with Crippen LogP contribution in [0.5, 0.6) is 0 Å². The fraction of sp³-hybridized carbons (Fsp3) is 0.350. The zero-order chi connectivity index (χ0) is 22.2. The van der Waals surface area contributed by atoms with Crippen molar-refractivity contribution in [2.24, 2.45) is 5.92 Å². The molecule has 2 aromatic heterocycles. The standard InChI is InChI=1S/C20H21FN4O4S2/c1-12-18(10-17(30-12)19-22-13(2)29-24-19)31(27,28)25-8-4-5-14(11-25)20(26)23-16-7-3-6-15(21)9-16/h3,6-7,9-10,14H,4-5,8,11H2,1-2H3,(H,23,26)/t14-/m1/s1. The molecule has 11 heteroatoms. The second-order valence-corrected chi connectivity index (χ2v) is 10.5. The number of nitrogens with one attached hydrogen (secondary N) is 1. The van der Waals surface area contributed by atoms with Gasteiger partial charge in [-0.15, -0.1) is 11.3 Å². The molecule has 1 amide bonds. The number of hydrogen-bond acceptors (Lipinski definition) is 7. The molecule has 1 aliphatic rings. The maximum absolute atomic E-state index is 13.4. The third-order valence-electron chi connectivity index (χ3n) is 5.09. The third-order valence-corrected chi connectivity index (χ3v) is 8.25. The minimum Gasteiger partial charge on any atom is -0.339 e. The van der Waals surface area contributed by atoms with Crippen LogP contribution in [0.1, 0.15) is 23.6 Å². The molecule has 0 radical (unpaired) electrons. The Morgan fingerprint density at radius 2 is 2.13 bits per heavy atom. The van der Waals surface area contributed by atoms with Crippen LogP contribution in [0.2, 0.25) is 0 Å². The highest BCUT2D eigenvalue weighted by molar-refractivity contribution is 7.89. The van der Waals surface area contributed by atoms with Crippen LogP contribution < -0.4 is 5.32 Å². The SMILES string of the molecule is Cc1nc(-c2cc(S(=O)(=O)N3CCC[C@@H](C(=O)Nc4cccc(F)c4)C3)c(C)s2)no1. The van der Waals surface area contributed by atoms with Gasteiger partial charge >= 0.3 is 0 Å². The van der Waals surface area contributed by atoms with Gasteiger partial charge in [-0.3, -0.25) is 4.79 Å². The quantitative estimate of drug-likeness (QED) is 0.619. The zero-order valence-corrected chi connectivity index (χ0v) is 18.6. The topological polar surface area (TPSA) is 105 Å². The average molecular weight is 465 g/mol. The highest BCUT2D eigenvalue weighted by Gasteiger charge is 2.35. The number of aryl methyl sites for hydroxylation is 2. The summed E-state index contributed by atoms with van der Waals surface area (Å²) in [6, 6.07) is 7.16. The summed E-state index contributed by atoms with van der Waals surface area (Å²) in [7, 11) is -3.80. The molecule has 0 saturated carbocycles. The molecule has 164 valence electrons. The van der Waals surface area contributed by atoms with Crippen molar-refractivity contribution < 1.29 is 22.1 Å². The molecule has 4 rings (SSSR count). The van der Waals surface area contributed by atoms with Gasteiger partial charge in [-0.1, -0.05) is 11.2 Å². The third kappa shape index (κ3) is 4.53. The lowest BCUT2D eigenvalue weighted by molar-refractivity contribution is -0.120. The van der Waals surface area contributed by atoms with Gasteiger partial charge in [-0.05, 0) is 44.0 Å². The Morgan fingerprint density at radius 3 is 2.84 bits per heavy atom. The number of hydrogen-bond donors (Lipinski definition) is 1. The van der Waals surface area contributed by atoms with E-state index >= 15 is 0 Å². The number of amides is 1. The fourth-order valence-corrected chi connectivity index (χ4v) is 6.57. The lowest BCUT2D eigenvalue weighted by Crippen LogP contribution is -2.43. The predicted molar refractivity (Wildman–Crippen MR) is 114 cm³/mol. The Morgan fingerprint density at radius 1 is 1.32 bits per heavy atom. The molecule has 0 bridgehead atoms. The van der Waals surface area contributed by atoms with Crippen LogP contribution in [0.25, 0.3) is 10.7 Å². The van der Waals surface area contributed by atoms with Crippen LogP contribution in [0.3, 0.4) is 0 Å². The summed E-state index contributed by atoms with van der Waals surface area (Å²) in [5.41, 5.74) is 0.346. The van der Waals surface area contributed by atoms with Crippen molar-refractivity contribution in [3.8, 4) is 10.7 Å². The molecule has 0 spiro atoms. The maximum atomic E-state index is 13.4. The number of carbonyl (C=O) groups is 1. The number of aromatic nitrogens is 2. The molecular weight excluding hydrogens is 443 g/mol. The monoisotopic (exact) mass is 464 g/mol. The minimum absolute atomic E-state index is 0.0649. The number of carbonyl (C=O) groups excluding carboxylic acids is 1. The Hall–Kier alpha value is -2.63. The maximum Gasteiger partial charge on any atom is 0.244 e. The van der Waals surface area contributed by atoms with E-state index in [2.05, 4.69) is 15.5 Å². The summed E-state index contributed by atoms with van der Waals surface area (Å²) in [4.78, 5) is 18.2. The van der Waals surface area contributed by atoms with E-state index in [0.717, 1.165) is 0 Å². The summed E-state index contributed by atoms with van der Waals surface area (Å²) in [6.45, 7) is 3.79. The van der Waals surface area contributed by atoms with Crippen LogP contribution in [0, 0.1) is 25.6 Å². The first-order chi connectivity index (χ1) is 14.7. The second kappa shape index (κ2) is 8.48. The molecule has 1 N–H and O–H groups in total. The molecule has 31 heavy (non-hydrogen) atoms. The van der Waals surface area contributed by atoms with Crippen molar-refractivity contribution >= 4 is 33.0 Å². The first-order valence-electron chi connectivity index (χ1n) is 9.72. The van der Waals surface area contributed by atoms with Crippen LogP contribution in [-0.4, -0.2) is 41.9 Å². The first-order valence-corrected chi connectivity index (χ1v) is 12.0. The average Bonchev–Trinajstić information content (AvgIpc) is 3.34. The van der Waals surface area contributed by atoms with Crippen LogP contribution in [-0.2, 0) is 14.8 Å². The Kier molecular flexibility index (Phi) is 5.91. The van der Waals surface area contributed by atoms with E-state index in [4.69, 9.17) is 4.52 Å². The Balaban J connectivity index is 1.52. The minimum atomic E-state index is -3.80. The van der Waals surface area contributed by atoms with Crippen LogP contribution in [0.4, 0.5) is 10.1 Å². The van der Waals surface area contributed by atoms with Crippen molar-refractivity contribution in [2.45, 2.75) is 31.6 Å². The molecule has 1 fully saturated rings. The van der Waals surface area contributed by atoms with Crippen molar-refractivity contribution in [1.29, 1.82) is 0 Å². The molecule has 1 atom stereocenters. The smallest absolute Gasteiger partial charge is 0.244 e. The molecule has 0 unspecified atom stereocenters. The van der Waals surface area contributed by atoms with Gasteiger partial charge < -0.3 is 9.84 Å². The van der Waals surface area contributed by atoms with Gasteiger partial charge in [0.15, 0.2) is 0 Å². The van der Waals surface area contributed by atoms with Gasteiger partial charge in [0.25, 0.3) is 0 Å². The highest BCUT2D eigenvalue weighted by Crippen LogP contribution is 2.35. The number of anilines is 1. The van der Waals surface area contributed by atoms with Crippen molar-refractivity contribution in [2.75, 3.05) is 18.4 Å².